The molecule has 2 aromatic carbocycles. The van der Waals surface area contributed by atoms with Gasteiger partial charge in [0.05, 0.1) is 17.7 Å². The van der Waals surface area contributed by atoms with Gasteiger partial charge in [-0.2, -0.15) is 0 Å². The molecule has 3 N–H and O–H groups in total. The lowest BCUT2D eigenvalue weighted by atomic mass is 10.2. The fourth-order valence-corrected chi connectivity index (χ4v) is 7.89. The molecule has 0 fully saturated rings. The summed E-state index contributed by atoms with van der Waals surface area (Å²) in [5, 5.41) is 26.8. The highest BCUT2D eigenvalue weighted by molar-refractivity contribution is 7.18. The van der Waals surface area contributed by atoms with Crippen molar-refractivity contribution in [3.63, 3.8) is 0 Å². The molecule has 0 bridgehead atoms. The number of carbonyl (C=O) groups is 4. The largest absolute Gasteiger partial charge is 0.525 e. The highest BCUT2D eigenvalue weighted by Gasteiger charge is 2.19. The van der Waals surface area contributed by atoms with Gasteiger partial charge in [0.25, 0.3) is 10.3 Å². The van der Waals surface area contributed by atoms with E-state index >= 15 is 0 Å². The summed E-state index contributed by atoms with van der Waals surface area (Å²) in [4.78, 5) is 67.7. The molecule has 0 atom stereocenters. The quantitative estimate of drug-likeness (QED) is 0.0588. The number of rotatable bonds is 14. The number of nitrogens with zero attached hydrogens (tertiary/aromatic N) is 11. The third-order valence-electron chi connectivity index (χ3n) is 7.26. The molecule has 17 nitrogen and oxygen atoms in total. The summed E-state index contributed by atoms with van der Waals surface area (Å²) in [6, 6.07) is 18.0. The number of anilines is 3. The number of hydrogen-bond donors (Lipinski definition) is 2. The Labute approximate surface area is 398 Å². The number of aldehydes is 4. The summed E-state index contributed by atoms with van der Waals surface area (Å²) in [6.45, 7) is 15.1. The Balaban J connectivity index is 0.000000286. The standard InChI is InChI=1S/C15H17ClN4OS.C10H15NO.C5H2ClN2OS.C4HClN3OS.C4H3ClN2OS/c1-3-9-20(4-2)12-7-5-11(6-8-12)18-19-15-17-14(16)13(10-21)22-15;1-2-11(8-9-12)10-6-4-3-5-7-10;1-7-5-8-4(6)3(2-9)10-5;5-3-2(1-9)10-4(7-3)8-6;5-3-2(1-8)9-4(6)7-3/h5-8,10H,3-4,9H2,1-2H3;3-7,12H,2,8-9H2,1H3;1-2H;1H;1H,(H2,6,7)/q;;2*+1;. The molecule has 6 aromatic rings. The van der Waals surface area contributed by atoms with Crippen LogP contribution in [0.2, 0.25) is 20.6 Å². The normalized spacial score (nSPS) is 9.87. The molecule has 0 amide bonds. The van der Waals surface area contributed by atoms with Gasteiger partial charge in [0.15, 0.2) is 40.6 Å². The Morgan fingerprint density at radius 3 is 1.56 bits per heavy atom. The summed E-state index contributed by atoms with van der Waals surface area (Å²) < 4.78 is 0. The molecule has 0 aliphatic carbocycles. The minimum Gasteiger partial charge on any atom is -0.395 e. The van der Waals surface area contributed by atoms with E-state index in [1.165, 1.54) is 11.4 Å². The van der Waals surface area contributed by atoms with Gasteiger partial charge in [0.2, 0.25) is 5.13 Å². The summed E-state index contributed by atoms with van der Waals surface area (Å²) in [5.41, 5.74) is 8.30. The number of nitrogens with two attached hydrogens (primary N) is 1. The first-order chi connectivity index (χ1) is 30.3. The fraction of sp³-hybridized carbons (Fsp3) is 0.237. The van der Waals surface area contributed by atoms with E-state index in [1.54, 1.807) is 0 Å². The molecule has 0 unspecified atom stereocenters. The van der Waals surface area contributed by atoms with Crippen LogP contribution < -0.4 is 15.5 Å². The van der Waals surface area contributed by atoms with Gasteiger partial charge in [0, 0.05) is 47.5 Å². The van der Waals surface area contributed by atoms with Crippen molar-refractivity contribution < 1.29 is 24.3 Å². The molecule has 0 radical (unpaired) electrons. The summed E-state index contributed by atoms with van der Waals surface area (Å²) in [6.07, 6.45) is 3.60. The maximum Gasteiger partial charge on any atom is 0.525 e. The molecular weight excluding hydrogens is 975 g/mol. The van der Waals surface area contributed by atoms with Crippen LogP contribution in [-0.2, 0) is 0 Å². The Morgan fingerprint density at radius 2 is 1.16 bits per heavy atom. The molecule has 25 heteroatoms. The second-order valence-corrected chi connectivity index (χ2v) is 16.8. The van der Waals surface area contributed by atoms with Crippen molar-refractivity contribution in [2.24, 2.45) is 10.2 Å². The number of aromatic nitrogens is 4. The number of aliphatic hydroxyl groups is 1. The summed E-state index contributed by atoms with van der Waals surface area (Å²) in [7, 11) is 0. The minimum atomic E-state index is 0.0767. The van der Waals surface area contributed by atoms with Crippen LogP contribution in [0, 0.1) is 12.0 Å². The predicted molar refractivity (Wildman–Crippen MR) is 257 cm³/mol. The molecule has 0 spiro atoms. The zero-order valence-electron chi connectivity index (χ0n) is 33.5. The second kappa shape index (κ2) is 29.9. The van der Waals surface area contributed by atoms with Gasteiger partial charge in [-0.25, -0.2) is 9.97 Å². The molecule has 0 saturated heterocycles. The zero-order chi connectivity index (χ0) is 46.7. The maximum absolute atomic E-state index is 10.7. The smallest absolute Gasteiger partial charge is 0.395 e. The Hall–Kier alpha value is -5.33. The monoisotopic (exact) mass is 1010 g/mol. The third kappa shape index (κ3) is 18.5. The number of hydrogen-bond acceptors (Lipinski definition) is 19. The zero-order valence-corrected chi connectivity index (χ0v) is 39.8. The van der Waals surface area contributed by atoms with E-state index < -0.39 is 0 Å². The number of thiazole rings is 4. The number of para-hydroxylation sites is 1. The first kappa shape index (κ1) is 53.8. The number of aliphatic hydroxyl groups excluding tert-OH is 1. The van der Waals surface area contributed by atoms with Gasteiger partial charge in [0.1, 0.15) is 26.1 Å². The summed E-state index contributed by atoms with van der Waals surface area (Å²) in [5.74, 6) is 0. The fourth-order valence-electron chi connectivity index (χ4n) is 4.47. The number of halogens is 4. The number of carbonyl (C=O) groups excluding carboxylic acids is 4. The third-order valence-corrected chi connectivity index (χ3v) is 12.3. The molecule has 6 rings (SSSR count). The van der Waals surface area contributed by atoms with Gasteiger partial charge < -0.3 is 20.6 Å². The van der Waals surface area contributed by atoms with Gasteiger partial charge in [-0.1, -0.05) is 71.0 Å². The predicted octanol–water partition coefficient (Wildman–Crippen LogP) is 12.3. The van der Waals surface area contributed by atoms with Gasteiger partial charge in [-0.05, 0) is 108 Å². The molecule has 4 aromatic heterocycles. The van der Waals surface area contributed by atoms with E-state index in [0.717, 1.165) is 77.1 Å². The number of diazo groups is 1. The van der Waals surface area contributed by atoms with Crippen LogP contribution in [0.4, 0.5) is 37.6 Å². The van der Waals surface area contributed by atoms with Crippen LogP contribution in [0.5, 0.6) is 0 Å². The number of benzene rings is 2. The van der Waals surface area contributed by atoms with Crippen molar-refractivity contribution in [2.45, 2.75) is 27.2 Å². The SMILES string of the molecule is C#[N+]c1nc(Cl)c(C=O)s1.CCCN(CC)c1ccc(N=Nc2nc(Cl)c(C=O)s2)cc1.CCN(CCO)c1ccccc1.N#[N+]c1nc(Cl)c(C=O)s1.Nc1nc(Cl)c(C=O)s1. The highest BCUT2D eigenvalue weighted by atomic mass is 35.5. The van der Waals surface area contributed by atoms with Crippen molar-refractivity contribution in [3.05, 3.63) is 105 Å². The van der Waals surface area contributed by atoms with E-state index in [0.29, 0.717) is 61.7 Å². The maximum atomic E-state index is 10.7. The van der Waals surface area contributed by atoms with E-state index in [9.17, 15) is 19.2 Å². The van der Waals surface area contributed by atoms with Crippen molar-refractivity contribution in [3.8, 4) is 6.57 Å². The molecule has 4 heterocycles. The van der Waals surface area contributed by atoms with Crippen molar-refractivity contribution in [1.82, 2.24) is 19.9 Å². The lowest BCUT2D eigenvalue weighted by molar-refractivity contribution is 0.111. The van der Waals surface area contributed by atoms with Crippen molar-refractivity contribution in [2.75, 3.05) is 48.3 Å². The van der Waals surface area contributed by atoms with Crippen LogP contribution in [0.15, 0.2) is 64.8 Å². The van der Waals surface area contributed by atoms with Crippen LogP contribution >= 0.6 is 91.8 Å². The second-order valence-electron chi connectivity index (χ2n) is 11.3. The average Bonchev–Trinajstić information content (AvgIpc) is 4.08. The number of likely N-dealkylation sites (N-methyl/N-ethyl adjacent to an activating group) is 1. The highest BCUT2D eigenvalue weighted by Crippen LogP contribution is 2.30. The van der Waals surface area contributed by atoms with E-state index in [-0.39, 0.29) is 37.2 Å². The van der Waals surface area contributed by atoms with Gasteiger partial charge in [-0.3, -0.25) is 19.2 Å². The first-order valence-corrected chi connectivity index (χ1v) is 22.8. The Bertz CT molecular complexity index is 2410. The van der Waals surface area contributed by atoms with E-state index in [1.807, 2.05) is 42.5 Å². The van der Waals surface area contributed by atoms with Crippen LogP contribution in [0.1, 0.15) is 65.9 Å². The van der Waals surface area contributed by atoms with Crippen molar-refractivity contribution in [1.29, 1.82) is 5.39 Å². The molecule has 0 saturated carbocycles. The minimum absolute atomic E-state index is 0.0767. The van der Waals surface area contributed by atoms with Gasteiger partial charge in [-0.15, -0.1) is 15.1 Å². The summed E-state index contributed by atoms with van der Waals surface area (Å²) >= 11 is 26.3. The van der Waals surface area contributed by atoms with Crippen LogP contribution in [0.25, 0.3) is 9.82 Å². The number of nitrogen functional groups attached to an aromatic ring is 1. The van der Waals surface area contributed by atoms with Gasteiger partial charge >= 0.3 is 10.3 Å². The van der Waals surface area contributed by atoms with Crippen LogP contribution in [-0.4, -0.2) is 83.0 Å². The molecule has 0 aliphatic rings. The molecule has 63 heavy (non-hydrogen) atoms. The molecular formula is C38H38Cl4N12O5S4+2. The molecule has 0 aliphatic heterocycles. The Morgan fingerprint density at radius 1 is 0.683 bits per heavy atom. The Kier molecular flexibility index (Phi) is 25.5. The van der Waals surface area contributed by atoms with Crippen LogP contribution in [0.3, 0.4) is 0 Å². The first-order valence-electron chi connectivity index (χ1n) is 18.0. The van der Waals surface area contributed by atoms with Crippen molar-refractivity contribution >= 4 is 154 Å². The topological polar surface area (TPSA) is 230 Å². The van der Waals surface area contributed by atoms with E-state index in [4.69, 9.17) is 69.2 Å². The lowest BCUT2D eigenvalue weighted by Crippen LogP contribution is -2.25. The lowest BCUT2D eigenvalue weighted by Gasteiger charge is -2.22. The van der Waals surface area contributed by atoms with E-state index in [2.05, 4.69) is 82.7 Å². The number of azo groups is 1. The average molecular weight is 1010 g/mol. The molecule has 330 valence electrons.